The highest BCUT2D eigenvalue weighted by atomic mass is 16.6. The summed E-state index contributed by atoms with van der Waals surface area (Å²) in [6.07, 6.45) is 1.51. The molecule has 0 amide bonds. The Bertz CT molecular complexity index is 994. The number of ether oxygens (including phenoxy) is 3. The first-order valence-electron chi connectivity index (χ1n) is 7.93. The van der Waals surface area contributed by atoms with Crippen molar-refractivity contribution < 1.29 is 23.9 Å². The maximum Gasteiger partial charge on any atom is 0.363 e. The highest BCUT2D eigenvalue weighted by Gasteiger charge is 2.26. The minimum atomic E-state index is -0.655. The smallest absolute Gasteiger partial charge is 0.363 e. The molecule has 1 heterocycles. The summed E-state index contributed by atoms with van der Waals surface area (Å²) in [7, 11) is 3.04. The van der Waals surface area contributed by atoms with Crippen LogP contribution in [-0.4, -0.2) is 31.0 Å². The lowest BCUT2D eigenvalue weighted by atomic mass is 10.1. The molecule has 0 bridgehead atoms. The zero-order valence-corrected chi connectivity index (χ0v) is 14.9. The van der Waals surface area contributed by atoms with E-state index < -0.39 is 10.9 Å². The van der Waals surface area contributed by atoms with Crippen LogP contribution >= 0.6 is 0 Å². The largest absolute Gasteiger partial charge is 0.497 e. The van der Waals surface area contributed by atoms with Crippen LogP contribution in [0.15, 0.2) is 47.1 Å². The second kappa shape index (κ2) is 7.28. The van der Waals surface area contributed by atoms with Gasteiger partial charge in [0.25, 0.3) is 5.69 Å². The van der Waals surface area contributed by atoms with Crippen LogP contribution in [0.5, 0.6) is 11.5 Å². The Hall–Kier alpha value is -3.68. The van der Waals surface area contributed by atoms with Crippen molar-refractivity contribution in [1.82, 2.24) is 0 Å². The van der Waals surface area contributed by atoms with Gasteiger partial charge in [0, 0.05) is 22.8 Å². The van der Waals surface area contributed by atoms with E-state index in [1.165, 1.54) is 26.4 Å². The van der Waals surface area contributed by atoms with Crippen molar-refractivity contribution in [3.05, 3.63) is 68.9 Å². The van der Waals surface area contributed by atoms with Gasteiger partial charge >= 0.3 is 5.97 Å². The number of esters is 1. The zero-order chi connectivity index (χ0) is 19.6. The lowest BCUT2D eigenvalue weighted by Gasteiger charge is -2.07. The van der Waals surface area contributed by atoms with Crippen LogP contribution in [0.3, 0.4) is 0 Å². The number of hydrogen-bond acceptors (Lipinski definition) is 7. The number of benzene rings is 2. The molecule has 1 aliphatic heterocycles. The molecule has 0 unspecified atom stereocenters. The predicted octanol–water partition coefficient (Wildman–Crippen LogP) is 3.26. The van der Waals surface area contributed by atoms with E-state index in [1.54, 1.807) is 37.3 Å². The highest BCUT2D eigenvalue weighted by Crippen LogP contribution is 2.29. The van der Waals surface area contributed by atoms with Crippen LogP contribution < -0.4 is 9.47 Å². The number of carbonyl (C=O) groups excluding carboxylic acids is 1. The molecule has 3 rings (SSSR count). The van der Waals surface area contributed by atoms with Crippen molar-refractivity contribution in [3.8, 4) is 11.5 Å². The number of carbonyl (C=O) groups is 1. The van der Waals surface area contributed by atoms with Crippen molar-refractivity contribution >= 4 is 23.6 Å². The Kier molecular flexibility index (Phi) is 4.89. The number of nitro benzene ring substituents is 1. The summed E-state index contributed by atoms with van der Waals surface area (Å²) < 4.78 is 15.6. The van der Waals surface area contributed by atoms with Gasteiger partial charge in [0.05, 0.1) is 19.1 Å². The molecular weight excluding hydrogens is 352 g/mol. The van der Waals surface area contributed by atoms with Crippen LogP contribution in [0.1, 0.15) is 16.7 Å². The third-order valence-electron chi connectivity index (χ3n) is 4.00. The molecule has 8 nitrogen and oxygen atoms in total. The fourth-order valence-corrected chi connectivity index (χ4v) is 2.57. The van der Waals surface area contributed by atoms with E-state index >= 15 is 0 Å². The molecule has 0 atom stereocenters. The van der Waals surface area contributed by atoms with E-state index in [-0.39, 0.29) is 17.3 Å². The Balaban J connectivity index is 2.01. The van der Waals surface area contributed by atoms with Gasteiger partial charge in [-0.2, -0.15) is 0 Å². The van der Waals surface area contributed by atoms with Crippen LogP contribution in [0.2, 0.25) is 0 Å². The number of aliphatic imine (C=N–C) groups is 1. The molecule has 8 heteroatoms. The molecule has 0 N–H and O–H groups in total. The molecular formula is C19H16N2O6. The second-order valence-electron chi connectivity index (χ2n) is 5.70. The van der Waals surface area contributed by atoms with E-state index in [1.807, 2.05) is 0 Å². The molecule has 2 aromatic rings. The zero-order valence-electron chi connectivity index (χ0n) is 14.9. The molecule has 0 spiro atoms. The number of aryl methyl sites for hydroxylation is 1. The molecule has 0 aliphatic carbocycles. The topological polar surface area (TPSA) is 100 Å². The van der Waals surface area contributed by atoms with Crippen molar-refractivity contribution in [2.45, 2.75) is 6.92 Å². The minimum absolute atomic E-state index is 0.0104. The van der Waals surface area contributed by atoms with Gasteiger partial charge in [0.15, 0.2) is 5.70 Å². The first-order chi connectivity index (χ1) is 12.9. The standard InChI is InChI=1S/C19H16N2O6/c1-11-4-5-12(10-16(11)21(23)24)18-20-15(19(22)27-18)9-13-8-14(25-2)6-7-17(13)26-3/h4-10H,1-3H3/b15-9+. The number of methoxy groups -OCH3 is 2. The summed E-state index contributed by atoms with van der Waals surface area (Å²) in [5.41, 5.74) is 1.42. The first-order valence-corrected chi connectivity index (χ1v) is 7.93. The monoisotopic (exact) mass is 368 g/mol. The van der Waals surface area contributed by atoms with Crippen molar-refractivity contribution in [2.24, 2.45) is 4.99 Å². The van der Waals surface area contributed by atoms with Gasteiger partial charge in [-0.1, -0.05) is 6.07 Å². The van der Waals surface area contributed by atoms with Gasteiger partial charge in [-0.3, -0.25) is 10.1 Å². The Morgan fingerprint density at radius 2 is 1.93 bits per heavy atom. The minimum Gasteiger partial charge on any atom is -0.497 e. The van der Waals surface area contributed by atoms with Crippen LogP contribution in [-0.2, 0) is 9.53 Å². The molecule has 0 radical (unpaired) electrons. The average Bonchev–Trinajstić information content (AvgIpc) is 3.02. The molecule has 27 heavy (non-hydrogen) atoms. The second-order valence-corrected chi connectivity index (χ2v) is 5.70. The summed E-state index contributed by atoms with van der Waals surface area (Å²) >= 11 is 0. The fraction of sp³-hybridized carbons (Fsp3) is 0.158. The van der Waals surface area contributed by atoms with Crippen molar-refractivity contribution in [1.29, 1.82) is 0 Å². The van der Waals surface area contributed by atoms with E-state index in [0.717, 1.165) is 0 Å². The normalized spacial score (nSPS) is 14.7. The lowest BCUT2D eigenvalue weighted by Crippen LogP contribution is -2.06. The van der Waals surface area contributed by atoms with Crippen LogP contribution in [0, 0.1) is 17.0 Å². The number of cyclic esters (lactones) is 1. The highest BCUT2D eigenvalue weighted by molar-refractivity contribution is 6.13. The average molecular weight is 368 g/mol. The Labute approximate surface area is 154 Å². The maximum absolute atomic E-state index is 12.2. The summed E-state index contributed by atoms with van der Waals surface area (Å²) in [5, 5.41) is 11.1. The van der Waals surface area contributed by atoms with Gasteiger partial charge in [0.1, 0.15) is 11.5 Å². The van der Waals surface area contributed by atoms with Gasteiger partial charge in [-0.05, 0) is 37.3 Å². The van der Waals surface area contributed by atoms with Gasteiger partial charge in [-0.25, -0.2) is 9.79 Å². The van der Waals surface area contributed by atoms with Gasteiger partial charge in [0.2, 0.25) is 5.90 Å². The number of hydrogen-bond donors (Lipinski definition) is 0. The van der Waals surface area contributed by atoms with Crippen LogP contribution in [0.25, 0.3) is 6.08 Å². The molecule has 2 aromatic carbocycles. The molecule has 138 valence electrons. The van der Waals surface area contributed by atoms with Gasteiger partial charge in [-0.15, -0.1) is 0 Å². The Morgan fingerprint density at radius 3 is 2.59 bits per heavy atom. The Morgan fingerprint density at radius 1 is 1.15 bits per heavy atom. The molecule has 1 aliphatic rings. The SMILES string of the molecule is COc1ccc(OC)c(/C=C2/N=C(c3ccc(C)c([N+](=O)[O-])c3)OC2=O)c1. The van der Waals surface area contributed by atoms with Crippen LogP contribution in [0.4, 0.5) is 5.69 Å². The van der Waals surface area contributed by atoms with E-state index in [2.05, 4.69) is 4.99 Å². The summed E-state index contributed by atoms with van der Waals surface area (Å²) in [5.74, 6) is 0.479. The summed E-state index contributed by atoms with van der Waals surface area (Å²) in [6.45, 7) is 1.63. The van der Waals surface area contributed by atoms with Gasteiger partial charge < -0.3 is 14.2 Å². The number of rotatable bonds is 5. The van der Waals surface area contributed by atoms with E-state index in [4.69, 9.17) is 14.2 Å². The van der Waals surface area contributed by atoms with Crippen molar-refractivity contribution in [3.63, 3.8) is 0 Å². The molecule has 0 saturated carbocycles. The fourth-order valence-electron chi connectivity index (χ4n) is 2.57. The molecule has 0 aromatic heterocycles. The third-order valence-corrected chi connectivity index (χ3v) is 4.00. The number of nitrogens with zero attached hydrogens (tertiary/aromatic N) is 2. The molecule has 0 fully saturated rings. The molecule has 0 saturated heterocycles. The predicted molar refractivity (Wildman–Crippen MR) is 98.0 cm³/mol. The van der Waals surface area contributed by atoms with E-state index in [0.29, 0.717) is 28.2 Å². The number of nitro groups is 1. The first kappa shape index (κ1) is 18.1. The maximum atomic E-state index is 12.2. The van der Waals surface area contributed by atoms with E-state index in [9.17, 15) is 14.9 Å². The van der Waals surface area contributed by atoms with Crippen molar-refractivity contribution in [2.75, 3.05) is 14.2 Å². The third kappa shape index (κ3) is 3.64. The lowest BCUT2D eigenvalue weighted by molar-refractivity contribution is -0.385. The summed E-state index contributed by atoms with van der Waals surface area (Å²) in [4.78, 5) is 27.0. The quantitative estimate of drug-likeness (QED) is 0.347. The summed E-state index contributed by atoms with van der Waals surface area (Å²) in [6, 6.07) is 9.66.